The van der Waals surface area contributed by atoms with Gasteiger partial charge in [0.2, 0.25) is 0 Å². The van der Waals surface area contributed by atoms with Crippen LogP contribution in [-0.2, 0) is 10.0 Å². The Balaban J connectivity index is 1.73. The van der Waals surface area contributed by atoms with Crippen LogP contribution >= 0.6 is 0 Å². The fraction of sp³-hybridized carbons (Fsp3) is 0.214. The van der Waals surface area contributed by atoms with Crippen molar-refractivity contribution in [3.05, 3.63) is 54.3 Å². The Morgan fingerprint density at radius 2 is 1.95 bits per heavy atom. The van der Waals surface area contributed by atoms with Crippen LogP contribution in [0, 0.1) is 6.92 Å². The van der Waals surface area contributed by atoms with Crippen molar-refractivity contribution in [3.8, 4) is 0 Å². The molecule has 0 saturated carbocycles. The molecule has 2 unspecified atom stereocenters. The first kappa shape index (κ1) is 13.2. The third kappa shape index (κ3) is 1.80. The summed E-state index contributed by atoms with van der Waals surface area (Å²) < 4.78 is 28.7. The predicted octanol–water partition coefficient (Wildman–Crippen LogP) is 1.10. The molecule has 3 heterocycles. The molecule has 0 amide bonds. The predicted molar refractivity (Wildman–Crippen MR) is 79.8 cm³/mol. The van der Waals surface area contributed by atoms with E-state index < -0.39 is 16.2 Å². The number of aryl methyl sites for hydroxylation is 1. The fourth-order valence-electron chi connectivity index (χ4n) is 2.67. The van der Waals surface area contributed by atoms with Crippen molar-refractivity contribution in [1.29, 1.82) is 0 Å². The number of rotatable bonds is 2. The number of hydrogen-bond donors (Lipinski definition) is 0. The zero-order valence-electron chi connectivity index (χ0n) is 11.7. The first-order valence-corrected chi connectivity index (χ1v) is 8.22. The number of hydrogen-bond acceptors (Lipinski definition) is 5. The van der Waals surface area contributed by atoms with Crippen LogP contribution in [0.15, 0.2) is 52.8 Å². The van der Waals surface area contributed by atoms with E-state index in [1.54, 1.807) is 49.1 Å². The minimum atomic E-state index is -3.63. The average Bonchev–Trinajstić information content (AvgIpc) is 3.13. The van der Waals surface area contributed by atoms with Crippen LogP contribution in [0.4, 0.5) is 0 Å². The Kier molecular flexibility index (Phi) is 2.70. The molecule has 4 rings (SSSR count). The van der Waals surface area contributed by atoms with Crippen LogP contribution < -0.4 is 0 Å². The summed E-state index contributed by atoms with van der Waals surface area (Å²) in [5.74, 6) is 0.625. The number of aromatic nitrogens is 3. The van der Waals surface area contributed by atoms with Gasteiger partial charge in [-0.05, 0) is 25.1 Å². The van der Waals surface area contributed by atoms with Gasteiger partial charge in [-0.25, -0.2) is 12.7 Å². The minimum absolute atomic E-state index is 0.213. The first-order chi connectivity index (χ1) is 10.6. The van der Waals surface area contributed by atoms with Crippen LogP contribution in [0.2, 0.25) is 0 Å². The van der Waals surface area contributed by atoms with E-state index in [0.29, 0.717) is 5.82 Å². The summed E-state index contributed by atoms with van der Waals surface area (Å²) >= 11 is 0. The standard InChI is InChI=1S/C14H13N5O2S/c1-10-2-4-11(5-3-10)22(20,21)19-7-6-12-14(19)15-8-13-17-16-9-18(12)13/h2-9,12,14H,1H3. The van der Waals surface area contributed by atoms with Gasteiger partial charge in [-0.1, -0.05) is 17.7 Å². The number of nitrogens with zero attached hydrogens (tertiary/aromatic N) is 5. The number of aliphatic imine (C=N–C) groups is 1. The van der Waals surface area contributed by atoms with Crippen LogP contribution in [0.3, 0.4) is 0 Å². The normalized spacial score (nSPS) is 22.7. The Morgan fingerprint density at radius 3 is 2.73 bits per heavy atom. The molecule has 1 aromatic heterocycles. The molecular formula is C14H13N5O2S. The quantitative estimate of drug-likeness (QED) is 0.831. The van der Waals surface area contributed by atoms with E-state index in [0.717, 1.165) is 5.56 Å². The molecule has 0 aliphatic carbocycles. The molecule has 1 aromatic carbocycles. The summed E-state index contributed by atoms with van der Waals surface area (Å²) in [6, 6.07) is 6.58. The number of benzene rings is 1. The molecule has 0 radical (unpaired) electrons. The second kappa shape index (κ2) is 4.51. The van der Waals surface area contributed by atoms with E-state index in [9.17, 15) is 8.42 Å². The van der Waals surface area contributed by atoms with Gasteiger partial charge in [-0.3, -0.25) is 4.99 Å². The lowest BCUT2D eigenvalue weighted by atomic mass is 10.2. The van der Waals surface area contributed by atoms with Gasteiger partial charge in [0.25, 0.3) is 10.0 Å². The van der Waals surface area contributed by atoms with Gasteiger partial charge in [0, 0.05) is 6.20 Å². The van der Waals surface area contributed by atoms with Crippen molar-refractivity contribution in [2.45, 2.75) is 24.0 Å². The Bertz CT molecular complexity index is 882. The number of fused-ring (bicyclic) bond motifs is 3. The summed E-state index contributed by atoms with van der Waals surface area (Å²) in [6.07, 6.45) is 5.98. The SMILES string of the molecule is Cc1ccc(S(=O)(=O)N2C=CC3C2N=Cc2nncn23)cc1. The van der Waals surface area contributed by atoms with Gasteiger partial charge < -0.3 is 4.57 Å². The van der Waals surface area contributed by atoms with Crippen molar-refractivity contribution < 1.29 is 8.42 Å². The van der Waals surface area contributed by atoms with Crippen molar-refractivity contribution in [1.82, 2.24) is 19.1 Å². The minimum Gasteiger partial charge on any atom is -0.302 e. The summed E-state index contributed by atoms with van der Waals surface area (Å²) in [7, 11) is -3.63. The molecule has 2 aromatic rings. The highest BCUT2D eigenvalue weighted by Crippen LogP contribution is 2.34. The number of sulfonamides is 1. The third-order valence-corrected chi connectivity index (χ3v) is 5.62. The van der Waals surface area contributed by atoms with Crippen LogP contribution in [-0.4, -0.2) is 39.9 Å². The van der Waals surface area contributed by atoms with Crippen molar-refractivity contribution in [2.24, 2.45) is 4.99 Å². The van der Waals surface area contributed by atoms with E-state index in [2.05, 4.69) is 15.2 Å². The van der Waals surface area contributed by atoms with E-state index in [1.807, 2.05) is 11.5 Å². The maximum absolute atomic E-state index is 12.8. The molecule has 22 heavy (non-hydrogen) atoms. The van der Waals surface area contributed by atoms with Gasteiger partial charge >= 0.3 is 0 Å². The molecule has 0 spiro atoms. The zero-order chi connectivity index (χ0) is 15.3. The Morgan fingerprint density at radius 1 is 1.18 bits per heavy atom. The summed E-state index contributed by atoms with van der Waals surface area (Å²) in [4.78, 5) is 4.59. The molecule has 0 N–H and O–H groups in total. The van der Waals surface area contributed by atoms with Crippen molar-refractivity contribution in [2.75, 3.05) is 0 Å². The molecule has 112 valence electrons. The lowest BCUT2D eigenvalue weighted by Gasteiger charge is -2.28. The monoisotopic (exact) mass is 315 g/mol. The Hall–Kier alpha value is -2.48. The molecule has 2 aliphatic rings. The van der Waals surface area contributed by atoms with Gasteiger partial charge in [-0.15, -0.1) is 10.2 Å². The summed E-state index contributed by atoms with van der Waals surface area (Å²) in [6.45, 7) is 1.92. The van der Waals surface area contributed by atoms with Crippen molar-refractivity contribution in [3.63, 3.8) is 0 Å². The van der Waals surface area contributed by atoms with Crippen LogP contribution in [0.1, 0.15) is 17.4 Å². The van der Waals surface area contributed by atoms with Gasteiger partial charge in [0.05, 0.1) is 17.2 Å². The molecule has 2 aliphatic heterocycles. The van der Waals surface area contributed by atoms with Crippen LogP contribution in [0.5, 0.6) is 0 Å². The van der Waals surface area contributed by atoms with E-state index in [1.165, 1.54) is 4.31 Å². The highest BCUT2D eigenvalue weighted by molar-refractivity contribution is 7.89. The van der Waals surface area contributed by atoms with E-state index in [-0.39, 0.29) is 10.9 Å². The van der Waals surface area contributed by atoms with E-state index >= 15 is 0 Å². The van der Waals surface area contributed by atoms with Gasteiger partial charge in [0.1, 0.15) is 6.33 Å². The maximum atomic E-state index is 12.8. The average molecular weight is 315 g/mol. The van der Waals surface area contributed by atoms with E-state index in [4.69, 9.17) is 0 Å². The second-order valence-corrected chi connectivity index (χ2v) is 7.11. The lowest BCUT2D eigenvalue weighted by molar-refractivity contribution is 0.356. The lowest BCUT2D eigenvalue weighted by Crippen LogP contribution is -2.38. The molecule has 0 bridgehead atoms. The third-order valence-electron chi connectivity index (χ3n) is 3.86. The molecule has 7 nitrogen and oxygen atoms in total. The Labute approximate surface area is 127 Å². The fourth-order valence-corrected chi connectivity index (χ4v) is 4.09. The smallest absolute Gasteiger partial charge is 0.265 e. The van der Waals surface area contributed by atoms with Crippen molar-refractivity contribution >= 4 is 16.2 Å². The van der Waals surface area contributed by atoms with Gasteiger partial charge in [-0.2, -0.15) is 0 Å². The summed E-state index contributed by atoms with van der Waals surface area (Å²) in [5.41, 5.74) is 1.01. The second-order valence-electron chi connectivity index (χ2n) is 5.27. The molecule has 2 atom stereocenters. The summed E-state index contributed by atoms with van der Waals surface area (Å²) in [5, 5.41) is 7.77. The zero-order valence-corrected chi connectivity index (χ0v) is 12.6. The van der Waals surface area contributed by atoms with Crippen LogP contribution in [0.25, 0.3) is 0 Å². The first-order valence-electron chi connectivity index (χ1n) is 6.78. The molecule has 8 heteroatoms. The largest absolute Gasteiger partial charge is 0.302 e. The van der Waals surface area contributed by atoms with Gasteiger partial charge in [0.15, 0.2) is 12.0 Å². The molecular weight excluding hydrogens is 302 g/mol. The highest BCUT2D eigenvalue weighted by atomic mass is 32.2. The topological polar surface area (TPSA) is 80.5 Å². The highest BCUT2D eigenvalue weighted by Gasteiger charge is 2.40. The maximum Gasteiger partial charge on any atom is 0.265 e. The molecule has 0 saturated heterocycles. The molecule has 0 fully saturated rings.